The molecule has 1 saturated heterocycles. The first-order valence-corrected chi connectivity index (χ1v) is 7.20. The van der Waals surface area contributed by atoms with Gasteiger partial charge in [0.25, 0.3) is 0 Å². The number of nitrogens with one attached hydrogen (secondary N) is 1. The summed E-state index contributed by atoms with van der Waals surface area (Å²) in [6, 6.07) is 9.01. The molecule has 0 radical (unpaired) electrons. The molecule has 0 aliphatic carbocycles. The average molecular weight is 383 g/mol. The molecule has 0 unspecified atom stereocenters. The van der Waals surface area contributed by atoms with Gasteiger partial charge in [-0.25, -0.2) is 0 Å². The van der Waals surface area contributed by atoms with Crippen molar-refractivity contribution in [3.63, 3.8) is 0 Å². The molecule has 2 rings (SSSR count). The topological polar surface area (TPSA) is 35.5 Å². The molecule has 1 aliphatic rings. The highest BCUT2D eigenvalue weighted by Crippen LogP contribution is 2.25. The van der Waals surface area contributed by atoms with Crippen LogP contribution in [-0.2, 0) is 0 Å². The summed E-state index contributed by atoms with van der Waals surface area (Å²) in [5, 5.41) is 12.6. The highest BCUT2D eigenvalue weighted by Gasteiger charge is 2.21. The summed E-state index contributed by atoms with van der Waals surface area (Å²) in [5.41, 5.74) is 1.32. The Kier molecular flexibility index (Phi) is 7.48. The normalized spacial score (nSPS) is 18.1. The molecule has 18 heavy (non-hydrogen) atoms. The third-order valence-electron chi connectivity index (χ3n) is 3.25. The van der Waals surface area contributed by atoms with E-state index in [0.717, 1.165) is 32.6 Å². The first kappa shape index (κ1) is 16.2. The van der Waals surface area contributed by atoms with Gasteiger partial charge in [0.05, 0.1) is 0 Å². The lowest BCUT2D eigenvalue weighted by Crippen LogP contribution is -2.45. The maximum absolute atomic E-state index is 9.24. The van der Waals surface area contributed by atoms with E-state index in [0.29, 0.717) is 6.04 Å². The Morgan fingerprint density at radius 3 is 2.39 bits per heavy atom. The zero-order valence-electron chi connectivity index (χ0n) is 10.3. The molecule has 2 N–H and O–H groups in total. The van der Waals surface area contributed by atoms with Gasteiger partial charge in [-0.05, 0) is 46.7 Å². The van der Waals surface area contributed by atoms with Crippen molar-refractivity contribution in [3.8, 4) is 0 Å². The quantitative estimate of drug-likeness (QED) is 0.782. The van der Waals surface area contributed by atoms with Crippen LogP contribution in [0.4, 0.5) is 0 Å². The Morgan fingerprint density at radius 2 is 1.83 bits per heavy atom. The van der Waals surface area contributed by atoms with Crippen LogP contribution in [0.25, 0.3) is 0 Å². The van der Waals surface area contributed by atoms with E-state index in [2.05, 4.69) is 57.1 Å². The Bertz CT molecular complexity index is 341. The second-order valence-corrected chi connectivity index (χ2v) is 5.61. The molecule has 1 fully saturated rings. The predicted octanol–water partition coefficient (Wildman–Crippen LogP) is 2.04. The molecule has 1 aromatic carbocycles. The van der Waals surface area contributed by atoms with Crippen LogP contribution in [0.1, 0.15) is 18.0 Å². The van der Waals surface area contributed by atoms with Gasteiger partial charge in [-0.3, -0.25) is 4.90 Å². The molecule has 0 saturated carbocycles. The Morgan fingerprint density at radius 1 is 1.22 bits per heavy atom. The molecule has 1 heterocycles. The minimum atomic E-state index is 0. The van der Waals surface area contributed by atoms with Crippen molar-refractivity contribution in [1.82, 2.24) is 10.2 Å². The van der Waals surface area contributed by atoms with Crippen molar-refractivity contribution < 1.29 is 5.11 Å². The first-order valence-electron chi connectivity index (χ1n) is 6.12. The summed E-state index contributed by atoms with van der Waals surface area (Å²) in [4.78, 5) is 2.47. The van der Waals surface area contributed by atoms with E-state index < -0.39 is 0 Å². The summed E-state index contributed by atoms with van der Waals surface area (Å²) < 4.78 is 1.26. The van der Waals surface area contributed by atoms with E-state index in [1.54, 1.807) is 0 Å². The van der Waals surface area contributed by atoms with Crippen LogP contribution in [-0.4, -0.2) is 42.8 Å². The van der Waals surface area contributed by atoms with Crippen molar-refractivity contribution in [2.75, 3.05) is 32.8 Å². The molecule has 5 heteroatoms. The highest BCUT2D eigenvalue weighted by atomic mass is 127. The van der Waals surface area contributed by atoms with Gasteiger partial charge in [0.2, 0.25) is 0 Å². The number of halogens is 2. The lowest BCUT2D eigenvalue weighted by molar-refractivity contribution is 0.141. The molecule has 1 aromatic rings. The first-order chi connectivity index (χ1) is 8.31. The third kappa shape index (κ3) is 4.35. The maximum atomic E-state index is 9.24. The molecule has 0 amide bonds. The lowest BCUT2D eigenvalue weighted by atomic mass is 10.0. The number of aliphatic hydroxyl groups is 1. The van der Waals surface area contributed by atoms with Gasteiger partial charge >= 0.3 is 0 Å². The third-order valence-corrected chi connectivity index (χ3v) is 3.97. The smallest absolute Gasteiger partial charge is 0.0449 e. The largest absolute Gasteiger partial charge is 0.396 e. The number of benzene rings is 1. The summed E-state index contributed by atoms with van der Waals surface area (Å²) in [7, 11) is 0. The lowest BCUT2D eigenvalue weighted by Gasteiger charge is -2.35. The van der Waals surface area contributed by atoms with Gasteiger partial charge in [-0.15, -0.1) is 12.4 Å². The van der Waals surface area contributed by atoms with Gasteiger partial charge in [-0.1, -0.05) is 12.1 Å². The van der Waals surface area contributed by atoms with Gasteiger partial charge in [-0.2, -0.15) is 0 Å². The van der Waals surface area contributed by atoms with Crippen molar-refractivity contribution in [2.45, 2.75) is 12.5 Å². The molecule has 0 bridgehead atoms. The van der Waals surface area contributed by atoms with E-state index in [-0.39, 0.29) is 19.0 Å². The number of rotatable bonds is 4. The van der Waals surface area contributed by atoms with E-state index in [9.17, 15) is 5.11 Å². The predicted molar refractivity (Wildman–Crippen MR) is 85.3 cm³/mol. The molecule has 1 atom stereocenters. The highest BCUT2D eigenvalue weighted by molar-refractivity contribution is 14.1. The molecule has 3 nitrogen and oxygen atoms in total. The van der Waals surface area contributed by atoms with Crippen molar-refractivity contribution in [1.29, 1.82) is 0 Å². The van der Waals surface area contributed by atoms with E-state index in [1.807, 2.05) is 0 Å². The summed E-state index contributed by atoms with van der Waals surface area (Å²) in [6.07, 6.45) is 0.820. The fourth-order valence-corrected chi connectivity index (χ4v) is 2.72. The number of piperazine rings is 1. The molecule has 102 valence electrons. The van der Waals surface area contributed by atoms with Gasteiger partial charge in [0.1, 0.15) is 0 Å². The van der Waals surface area contributed by atoms with Gasteiger partial charge < -0.3 is 10.4 Å². The Hall–Kier alpha value is 0.120. The van der Waals surface area contributed by atoms with Crippen LogP contribution in [0, 0.1) is 3.57 Å². The second kappa shape index (κ2) is 8.32. The molecular weight excluding hydrogens is 363 g/mol. The van der Waals surface area contributed by atoms with Crippen LogP contribution in [0.3, 0.4) is 0 Å². The Labute approximate surface area is 128 Å². The number of nitrogens with zero attached hydrogens (tertiary/aromatic N) is 1. The molecule has 1 aliphatic heterocycles. The van der Waals surface area contributed by atoms with Gasteiger partial charge in [0.15, 0.2) is 0 Å². The van der Waals surface area contributed by atoms with Crippen molar-refractivity contribution in [2.24, 2.45) is 0 Å². The van der Waals surface area contributed by atoms with E-state index >= 15 is 0 Å². The van der Waals surface area contributed by atoms with Crippen LogP contribution >= 0.6 is 35.0 Å². The molecule has 0 spiro atoms. The zero-order chi connectivity index (χ0) is 12.1. The van der Waals surface area contributed by atoms with Crippen LogP contribution < -0.4 is 5.32 Å². The van der Waals surface area contributed by atoms with Crippen LogP contribution in [0.15, 0.2) is 24.3 Å². The fourth-order valence-electron chi connectivity index (χ4n) is 2.36. The van der Waals surface area contributed by atoms with Gasteiger partial charge in [0, 0.05) is 42.4 Å². The fraction of sp³-hybridized carbons (Fsp3) is 0.538. The Balaban J connectivity index is 0.00000162. The van der Waals surface area contributed by atoms with E-state index in [4.69, 9.17) is 0 Å². The molecular formula is C13H20ClIN2O. The standard InChI is InChI=1S/C13H19IN2O.ClH/c14-12-3-1-11(2-4-12)13(5-10-17)16-8-6-15-7-9-16;/h1-4,13,15,17H,5-10H2;1H/t13-;/m0./s1. The minimum Gasteiger partial charge on any atom is -0.396 e. The SMILES string of the molecule is Cl.OCC[C@@H](c1ccc(I)cc1)N1CCNCC1. The second-order valence-electron chi connectivity index (χ2n) is 4.37. The zero-order valence-corrected chi connectivity index (χ0v) is 13.3. The maximum Gasteiger partial charge on any atom is 0.0449 e. The van der Waals surface area contributed by atoms with Crippen LogP contribution in [0.2, 0.25) is 0 Å². The average Bonchev–Trinajstić information content (AvgIpc) is 2.38. The number of hydrogen-bond donors (Lipinski definition) is 2. The summed E-state index contributed by atoms with van der Waals surface area (Å²) in [6.45, 7) is 4.48. The monoisotopic (exact) mass is 382 g/mol. The summed E-state index contributed by atoms with van der Waals surface area (Å²) in [5.74, 6) is 0. The molecule has 0 aromatic heterocycles. The van der Waals surface area contributed by atoms with E-state index in [1.165, 1.54) is 9.13 Å². The number of aliphatic hydroxyl groups excluding tert-OH is 1. The van der Waals surface area contributed by atoms with Crippen molar-refractivity contribution in [3.05, 3.63) is 33.4 Å². The van der Waals surface area contributed by atoms with Crippen LogP contribution in [0.5, 0.6) is 0 Å². The van der Waals surface area contributed by atoms with Crippen molar-refractivity contribution >= 4 is 35.0 Å². The minimum absolute atomic E-state index is 0. The number of hydrogen-bond acceptors (Lipinski definition) is 3. The summed E-state index contributed by atoms with van der Waals surface area (Å²) >= 11 is 2.32.